The molecule has 0 unspecified atom stereocenters. The van der Waals surface area contributed by atoms with Gasteiger partial charge in [0.05, 0.1) is 52.7 Å². The lowest BCUT2D eigenvalue weighted by molar-refractivity contribution is -0.145. The van der Waals surface area contributed by atoms with Gasteiger partial charge in [-0.25, -0.2) is 0 Å². The van der Waals surface area contributed by atoms with Crippen LogP contribution in [0.1, 0.15) is 129 Å². The molecule has 0 radical (unpaired) electrons. The predicted octanol–water partition coefficient (Wildman–Crippen LogP) is 6.23. The molecular weight excluding hydrogens is 554 g/mol. The Balaban J connectivity index is 3.19. The molecule has 254 valence electrons. The molecule has 2 N–H and O–H groups in total. The van der Waals surface area contributed by atoms with Crippen LogP contribution in [-0.4, -0.2) is 89.0 Å². The first-order valence-electron chi connectivity index (χ1n) is 17.0. The normalized spacial score (nSPS) is 11.1. The van der Waals surface area contributed by atoms with E-state index in [1.54, 1.807) is 0 Å². The molecule has 0 atom stereocenters. The molecule has 0 aromatic carbocycles. The van der Waals surface area contributed by atoms with E-state index in [4.69, 9.17) is 28.8 Å². The summed E-state index contributed by atoms with van der Waals surface area (Å²) in [4.78, 5) is 33.6. The highest BCUT2D eigenvalue weighted by molar-refractivity contribution is 5.80. The maximum atomic E-state index is 11.8. The lowest BCUT2D eigenvalue weighted by Crippen LogP contribution is -2.25. The molecule has 43 heavy (non-hydrogen) atoms. The van der Waals surface area contributed by atoms with E-state index in [1.165, 1.54) is 83.5 Å². The number of hydrogen-bond donors (Lipinski definition) is 2. The van der Waals surface area contributed by atoms with Crippen molar-refractivity contribution in [3.05, 3.63) is 0 Å². The van der Waals surface area contributed by atoms with Gasteiger partial charge in [-0.2, -0.15) is 0 Å². The fraction of sp³-hybridized carbons (Fsp3) is 0.909. The van der Waals surface area contributed by atoms with Crippen molar-refractivity contribution < 1.29 is 43.2 Å². The third-order valence-electron chi connectivity index (χ3n) is 6.94. The van der Waals surface area contributed by atoms with E-state index in [0.717, 1.165) is 12.8 Å². The van der Waals surface area contributed by atoms with Crippen molar-refractivity contribution >= 4 is 17.8 Å². The molecule has 0 aliphatic rings. The van der Waals surface area contributed by atoms with Crippen LogP contribution in [0, 0.1) is 0 Å². The maximum absolute atomic E-state index is 11.8. The number of carboxylic acid groups (broad SMARTS) is 1. The minimum atomic E-state index is -0.979. The first kappa shape index (κ1) is 41.2. The average Bonchev–Trinajstić information content (AvgIpc) is 2.99. The van der Waals surface area contributed by atoms with Crippen molar-refractivity contribution in [3.63, 3.8) is 0 Å². The number of unbranched alkanes of at least 4 members (excludes halogenated alkanes) is 14. The maximum Gasteiger partial charge on any atom is 0.305 e. The fourth-order valence-corrected chi connectivity index (χ4v) is 4.40. The number of carbonyl (C=O) groups excluding carboxylic acids is 2. The molecule has 0 fully saturated rings. The Morgan fingerprint density at radius 1 is 0.488 bits per heavy atom. The Morgan fingerprint density at radius 3 is 1.37 bits per heavy atom. The van der Waals surface area contributed by atoms with Crippen LogP contribution < -0.4 is 5.32 Å². The van der Waals surface area contributed by atoms with E-state index in [-0.39, 0.29) is 31.3 Å². The highest BCUT2D eigenvalue weighted by Gasteiger charge is 2.05. The molecule has 10 nitrogen and oxygen atoms in total. The van der Waals surface area contributed by atoms with Crippen LogP contribution >= 0.6 is 0 Å². The second-order valence-electron chi connectivity index (χ2n) is 11.0. The lowest BCUT2D eigenvalue weighted by Gasteiger charge is -2.08. The largest absolute Gasteiger partial charge is 0.481 e. The number of hydrogen-bond acceptors (Lipinski definition) is 8. The molecule has 0 rings (SSSR count). The van der Waals surface area contributed by atoms with Crippen LogP contribution in [0.3, 0.4) is 0 Å². The zero-order chi connectivity index (χ0) is 31.5. The summed E-state index contributed by atoms with van der Waals surface area (Å²) >= 11 is 0. The van der Waals surface area contributed by atoms with E-state index >= 15 is 0 Å². The van der Waals surface area contributed by atoms with Crippen molar-refractivity contribution in [1.29, 1.82) is 0 Å². The summed E-state index contributed by atoms with van der Waals surface area (Å²) in [6.07, 6.45) is 20.6. The van der Waals surface area contributed by atoms with Gasteiger partial charge in [-0.3, -0.25) is 14.4 Å². The van der Waals surface area contributed by atoms with E-state index < -0.39 is 5.97 Å². The highest BCUT2D eigenvalue weighted by Crippen LogP contribution is 2.13. The molecule has 0 aromatic rings. The molecule has 0 spiro atoms. The van der Waals surface area contributed by atoms with Gasteiger partial charge in [-0.15, -0.1) is 0 Å². The summed E-state index contributed by atoms with van der Waals surface area (Å²) in [6.45, 7) is 6.57. The third kappa shape index (κ3) is 36.3. The van der Waals surface area contributed by atoms with Crippen LogP contribution in [0.2, 0.25) is 0 Å². The molecule has 0 saturated heterocycles. The molecule has 0 saturated carbocycles. The number of aliphatic carboxylic acids is 1. The molecule has 0 bridgehead atoms. The van der Waals surface area contributed by atoms with Gasteiger partial charge in [-0.1, -0.05) is 96.8 Å². The van der Waals surface area contributed by atoms with Gasteiger partial charge in [0.15, 0.2) is 0 Å². The van der Waals surface area contributed by atoms with Crippen molar-refractivity contribution in [2.45, 2.75) is 129 Å². The number of ether oxygens (including phenoxy) is 5. The topological polar surface area (TPSA) is 130 Å². The smallest absolute Gasteiger partial charge is 0.305 e. The fourth-order valence-electron chi connectivity index (χ4n) is 4.40. The summed E-state index contributed by atoms with van der Waals surface area (Å²) in [5, 5.41) is 11.2. The molecule has 10 heteroatoms. The Hall–Kier alpha value is -1.75. The van der Waals surface area contributed by atoms with Crippen LogP contribution in [0.15, 0.2) is 0 Å². The molecule has 0 heterocycles. The molecule has 0 aromatic heterocycles. The molecule has 0 aliphatic carbocycles. The Kier molecular flexibility index (Phi) is 33.3. The summed E-state index contributed by atoms with van der Waals surface area (Å²) < 4.78 is 26.9. The summed E-state index contributed by atoms with van der Waals surface area (Å²) in [5.74, 6) is -1.39. The number of rotatable bonds is 35. The van der Waals surface area contributed by atoms with Gasteiger partial charge in [0.2, 0.25) is 5.91 Å². The van der Waals surface area contributed by atoms with Crippen molar-refractivity contribution in [2.75, 3.05) is 66.0 Å². The zero-order valence-electron chi connectivity index (χ0n) is 27.2. The van der Waals surface area contributed by atoms with Crippen molar-refractivity contribution in [1.82, 2.24) is 5.32 Å². The van der Waals surface area contributed by atoms with Crippen LogP contribution in [0.5, 0.6) is 0 Å². The van der Waals surface area contributed by atoms with Gasteiger partial charge in [0.1, 0.15) is 6.61 Å². The summed E-state index contributed by atoms with van der Waals surface area (Å²) in [5.41, 5.74) is 0. The first-order chi connectivity index (χ1) is 21.1. The van der Waals surface area contributed by atoms with Crippen molar-refractivity contribution in [3.8, 4) is 0 Å². The lowest BCUT2D eigenvalue weighted by atomic mass is 10.0. The minimum Gasteiger partial charge on any atom is -0.481 e. The summed E-state index contributed by atoms with van der Waals surface area (Å²) in [6, 6.07) is 0. The van der Waals surface area contributed by atoms with Gasteiger partial charge in [-0.05, 0) is 12.8 Å². The van der Waals surface area contributed by atoms with Gasteiger partial charge in [0.25, 0.3) is 0 Å². The average molecular weight is 618 g/mol. The van der Waals surface area contributed by atoms with E-state index in [0.29, 0.717) is 72.2 Å². The standard InChI is InChI=1S/C33H63NO9/c1-2-3-4-5-6-7-8-9-10-11-12-13-14-15-16-18-33(38)43-30-29-42-28-27-41-26-25-40-24-23-39-22-17-21-34-31(35)19-20-32(36)37/h2-30H2,1H3,(H,34,35)(H,36,37). The number of carboxylic acids is 1. The van der Waals surface area contributed by atoms with Crippen LogP contribution in [0.25, 0.3) is 0 Å². The number of nitrogens with one attached hydrogen (secondary N) is 1. The van der Waals surface area contributed by atoms with E-state index in [1.807, 2.05) is 0 Å². The second-order valence-corrected chi connectivity index (χ2v) is 11.0. The molecule has 0 aliphatic heterocycles. The Labute approximate surface area is 261 Å². The SMILES string of the molecule is CCCCCCCCCCCCCCCCCC(=O)OCCOCCOCCOCCOCCCNC(=O)CCC(=O)O. The zero-order valence-corrected chi connectivity index (χ0v) is 27.2. The van der Waals surface area contributed by atoms with Crippen LogP contribution in [-0.2, 0) is 38.1 Å². The minimum absolute atomic E-state index is 0.00666. The summed E-state index contributed by atoms with van der Waals surface area (Å²) in [7, 11) is 0. The van der Waals surface area contributed by atoms with E-state index in [9.17, 15) is 14.4 Å². The predicted molar refractivity (Wildman–Crippen MR) is 168 cm³/mol. The third-order valence-corrected chi connectivity index (χ3v) is 6.94. The molecular formula is C33H63NO9. The monoisotopic (exact) mass is 617 g/mol. The van der Waals surface area contributed by atoms with Gasteiger partial charge in [0, 0.05) is 26.0 Å². The van der Waals surface area contributed by atoms with Gasteiger partial charge < -0.3 is 34.1 Å². The van der Waals surface area contributed by atoms with E-state index in [2.05, 4.69) is 12.2 Å². The van der Waals surface area contributed by atoms with Crippen molar-refractivity contribution in [2.24, 2.45) is 0 Å². The Morgan fingerprint density at radius 2 is 0.907 bits per heavy atom. The first-order valence-corrected chi connectivity index (χ1v) is 17.0. The number of esters is 1. The van der Waals surface area contributed by atoms with Crippen LogP contribution in [0.4, 0.5) is 0 Å². The quantitative estimate of drug-likeness (QED) is 0.0628. The van der Waals surface area contributed by atoms with Gasteiger partial charge >= 0.3 is 11.9 Å². The Bertz CT molecular complexity index is 633. The number of carbonyl (C=O) groups is 3. The molecule has 1 amide bonds. The second kappa shape index (κ2) is 34.7. The highest BCUT2D eigenvalue weighted by atomic mass is 16.6. The number of amides is 1.